The van der Waals surface area contributed by atoms with Gasteiger partial charge in [-0.1, -0.05) is 44.5 Å². The zero-order chi connectivity index (χ0) is 11.1. The lowest BCUT2D eigenvalue weighted by Crippen LogP contribution is -2.44. The lowest BCUT2D eigenvalue weighted by Gasteiger charge is -2.40. The summed E-state index contributed by atoms with van der Waals surface area (Å²) in [4.78, 5) is 0. The van der Waals surface area contributed by atoms with Gasteiger partial charge in [0.25, 0.3) is 0 Å². The Labute approximate surface area is 92.9 Å². The second kappa shape index (κ2) is 3.64. The molecule has 0 aliphatic carbocycles. The predicted octanol–water partition coefficient (Wildman–Crippen LogP) is 3.01. The molecule has 1 heterocycles. The van der Waals surface area contributed by atoms with E-state index in [1.54, 1.807) is 5.56 Å². The van der Waals surface area contributed by atoms with Gasteiger partial charge in [-0.3, -0.25) is 0 Å². The van der Waals surface area contributed by atoms with Gasteiger partial charge in [-0.05, 0) is 24.0 Å². The van der Waals surface area contributed by atoms with Crippen molar-refractivity contribution in [2.24, 2.45) is 5.92 Å². The fourth-order valence-corrected chi connectivity index (χ4v) is 2.49. The zero-order valence-electron chi connectivity index (χ0n) is 10.2. The number of nitrogens with one attached hydrogen (secondary N) is 1. The second-order valence-corrected chi connectivity index (χ2v) is 5.34. The van der Waals surface area contributed by atoms with Gasteiger partial charge in [0.1, 0.15) is 0 Å². The first-order chi connectivity index (χ1) is 7.04. The van der Waals surface area contributed by atoms with Crippen molar-refractivity contribution in [3.05, 3.63) is 34.9 Å². The van der Waals surface area contributed by atoms with Crippen LogP contribution >= 0.6 is 0 Å². The summed E-state index contributed by atoms with van der Waals surface area (Å²) in [6, 6.07) is 6.89. The van der Waals surface area contributed by atoms with E-state index in [1.807, 2.05) is 0 Å². The smallest absolute Gasteiger partial charge is 0.0208 e. The summed E-state index contributed by atoms with van der Waals surface area (Å²) in [5.74, 6) is 0.673. The summed E-state index contributed by atoms with van der Waals surface area (Å²) < 4.78 is 0. The third kappa shape index (κ3) is 1.69. The van der Waals surface area contributed by atoms with E-state index in [1.165, 1.54) is 11.1 Å². The summed E-state index contributed by atoms with van der Waals surface area (Å²) in [6.07, 6.45) is 0. The van der Waals surface area contributed by atoms with Crippen LogP contribution in [0.3, 0.4) is 0 Å². The van der Waals surface area contributed by atoms with Crippen molar-refractivity contribution < 1.29 is 0 Å². The summed E-state index contributed by atoms with van der Waals surface area (Å²) in [5, 5.41) is 3.54. The van der Waals surface area contributed by atoms with Gasteiger partial charge in [-0.25, -0.2) is 0 Å². The first kappa shape index (κ1) is 10.7. The molecule has 1 aliphatic rings. The largest absolute Gasteiger partial charge is 0.312 e. The lowest BCUT2D eigenvalue weighted by molar-refractivity contribution is 0.299. The number of aryl methyl sites for hydroxylation is 1. The highest BCUT2D eigenvalue weighted by Gasteiger charge is 2.34. The lowest BCUT2D eigenvalue weighted by atomic mass is 9.70. The molecule has 0 radical (unpaired) electrons. The Bertz CT molecular complexity index is 368. The number of hydrogen-bond donors (Lipinski definition) is 1. The fourth-order valence-electron chi connectivity index (χ4n) is 2.49. The minimum Gasteiger partial charge on any atom is -0.312 e. The van der Waals surface area contributed by atoms with E-state index in [0.29, 0.717) is 11.3 Å². The molecule has 1 aliphatic heterocycles. The van der Waals surface area contributed by atoms with Crippen LogP contribution in [0.25, 0.3) is 0 Å². The van der Waals surface area contributed by atoms with E-state index in [4.69, 9.17) is 0 Å². The van der Waals surface area contributed by atoms with Crippen LogP contribution < -0.4 is 5.32 Å². The summed E-state index contributed by atoms with van der Waals surface area (Å²) >= 11 is 0. The molecular formula is C14H21N. The molecule has 0 spiro atoms. The molecule has 1 N–H and O–H groups in total. The Morgan fingerprint density at radius 1 is 1.33 bits per heavy atom. The van der Waals surface area contributed by atoms with Crippen LogP contribution in [-0.2, 0) is 12.0 Å². The van der Waals surface area contributed by atoms with E-state index in [2.05, 4.69) is 51.2 Å². The molecule has 0 saturated carbocycles. The molecule has 1 unspecified atom stereocenters. The molecule has 1 atom stereocenters. The molecular weight excluding hydrogens is 182 g/mol. The molecule has 1 heteroatoms. The highest BCUT2D eigenvalue weighted by atomic mass is 14.9. The van der Waals surface area contributed by atoms with E-state index in [0.717, 1.165) is 13.1 Å². The van der Waals surface area contributed by atoms with Crippen molar-refractivity contribution in [2.45, 2.75) is 39.7 Å². The Morgan fingerprint density at radius 2 is 2.07 bits per heavy atom. The molecule has 0 amide bonds. The third-order valence-electron chi connectivity index (χ3n) is 3.96. The van der Waals surface area contributed by atoms with Gasteiger partial charge < -0.3 is 5.32 Å². The highest BCUT2D eigenvalue weighted by Crippen LogP contribution is 2.36. The topological polar surface area (TPSA) is 12.0 Å². The summed E-state index contributed by atoms with van der Waals surface area (Å²) in [7, 11) is 0. The van der Waals surface area contributed by atoms with Crippen molar-refractivity contribution in [1.82, 2.24) is 5.32 Å². The van der Waals surface area contributed by atoms with Crippen molar-refractivity contribution in [2.75, 3.05) is 6.54 Å². The van der Waals surface area contributed by atoms with Gasteiger partial charge in [0.05, 0.1) is 0 Å². The molecule has 1 aromatic rings. The maximum atomic E-state index is 3.54. The van der Waals surface area contributed by atoms with E-state index < -0.39 is 0 Å². The first-order valence-electron chi connectivity index (χ1n) is 5.85. The summed E-state index contributed by atoms with van der Waals surface area (Å²) in [6.45, 7) is 11.3. The molecule has 1 aromatic carbocycles. The maximum Gasteiger partial charge on any atom is 0.0208 e. The average Bonchev–Trinajstić information content (AvgIpc) is 2.17. The van der Waals surface area contributed by atoms with Crippen LogP contribution in [0.5, 0.6) is 0 Å². The first-order valence-corrected chi connectivity index (χ1v) is 5.85. The molecule has 0 saturated heterocycles. The minimum atomic E-state index is 0.293. The fraction of sp³-hybridized carbons (Fsp3) is 0.571. The van der Waals surface area contributed by atoms with E-state index in [9.17, 15) is 0 Å². The van der Waals surface area contributed by atoms with Gasteiger partial charge in [-0.2, -0.15) is 0 Å². The molecule has 1 nitrogen and oxygen atoms in total. The van der Waals surface area contributed by atoms with Crippen molar-refractivity contribution in [3.8, 4) is 0 Å². The molecule has 0 fully saturated rings. The Hall–Kier alpha value is -0.820. The van der Waals surface area contributed by atoms with Crippen LogP contribution in [0.2, 0.25) is 0 Å². The van der Waals surface area contributed by atoms with E-state index in [-0.39, 0.29) is 0 Å². The van der Waals surface area contributed by atoms with Crippen molar-refractivity contribution >= 4 is 0 Å². The molecule has 0 bridgehead atoms. The molecule has 15 heavy (non-hydrogen) atoms. The predicted molar refractivity (Wildman–Crippen MR) is 65.1 cm³/mol. The van der Waals surface area contributed by atoms with E-state index >= 15 is 0 Å². The second-order valence-electron chi connectivity index (χ2n) is 5.34. The number of benzene rings is 1. The monoisotopic (exact) mass is 203 g/mol. The Balaban J connectivity index is 2.51. The molecule has 0 aromatic heterocycles. The highest BCUT2D eigenvalue weighted by molar-refractivity contribution is 5.39. The third-order valence-corrected chi connectivity index (χ3v) is 3.96. The zero-order valence-corrected chi connectivity index (χ0v) is 10.2. The van der Waals surface area contributed by atoms with Crippen LogP contribution in [0, 0.1) is 12.8 Å². The number of rotatable bonds is 1. The molecule has 82 valence electrons. The van der Waals surface area contributed by atoms with Gasteiger partial charge in [0.2, 0.25) is 0 Å². The van der Waals surface area contributed by atoms with Crippen LogP contribution in [-0.4, -0.2) is 6.54 Å². The summed E-state index contributed by atoms with van der Waals surface area (Å²) in [5.41, 5.74) is 4.68. The Morgan fingerprint density at radius 3 is 2.73 bits per heavy atom. The van der Waals surface area contributed by atoms with Crippen molar-refractivity contribution in [3.63, 3.8) is 0 Å². The van der Waals surface area contributed by atoms with Gasteiger partial charge in [0, 0.05) is 18.5 Å². The Kier molecular flexibility index (Phi) is 2.59. The minimum absolute atomic E-state index is 0.293. The quantitative estimate of drug-likeness (QED) is 0.740. The van der Waals surface area contributed by atoms with Gasteiger partial charge in [-0.15, -0.1) is 0 Å². The average molecular weight is 203 g/mol. The number of hydrogen-bond acceptors (Lipinski definition) is 1. The van der Waals surface area contributed by atoms with Crippen LogP contribution in [0.4, 0.5) is 0 Å². The maximum absolute atomic E-state index is 3.54. The SMILES string of the molecule is Cc1ccc2c(c1)CNCC2(C)C(C)C. The van der Waals surface area contributed by atoms with Crippen LogP contribution in [0.15, 0.2) is 18.2 Å². The van der Waals surface area contributed by atoms with Crippen molar-refractivity contribution in [1.29, 1.82) is 0 Å². The number of fused-ring (bicyclic) bond motifs is 1. The van der Waals surface area contributed by atoms with Crippen LogP contribution in [0.1, 0.15) is 37.5 Å². The van der Waals surface area contributed by atoms with Gasteiger partial charge >= 0.3 is 0 Å². The molecule has 2 rings (SSSR count). The normalized spacial score (nSPS) is 25.4. The standard InChI is InChI=1S/C14H21N/c1-10(2)14(4)9-15-8-12-7-11(3)5-6-13(12)14/h5-7,10,15H,8-9H2,1-4H3. The van der Waals surface area contributed by atoms with Gasteiger partial charge in [0.15, 0.2) is 0 Å².